The number of nitrogens with one attached hydrogen (secondary N) is 1. The fourth-order valence-corrected chi connectivity index (χ4v) is 5.50. The average Bonchev–Trinajstić information content (AvgIpc) is 2.92. The van der Waals surface area contributed by atoms with Gasteiger partial charge in [-0.3, -0.25) is 9.36 Å². The highest BCUT2D eigenvalue weighted by molar-refractivity contribution is 5.75. The first-order chi connectivity index (χ1) is 17.8. The number of rotatable bonds is 4. The molecule has 2 N–H and O–H groups in total. The molecule has 0 radical (unpaired) electrons. The number of hydrogen-bond donors (Lipinski definition) is 2. The first-order valence-electron chi connectivity index (χ1n) is 12.9. The van der Waals surface area contributed by atoms with E-state index in [4.69, 9.17) is 0 Å². The van der Waals surface area contributed by atoms with E-state index in [-0.39, 0.29) is 24.2 Å². The molecule has 194 valence electrons. The van der Waals surface area contributed by atoms with Gasteiger partial charge in [-0.15, -0.1) is 0 Å². The molecule has 5 rings (SSSR count). The van der Waals surface area contributed by atoms with E-state index in [0.29, 0.717) is 38.3 Å². The molecule has 8 heteroatoms. The number of aliphatic hydroxyl groups is 1. The highest BCUT2D eigenvalue weighted by Gasteiger charge is 2.49. The zero-order valence-electron chi connectivity index (χ0n) is 21.5. The highest BCUT2D eigenvalue weighted by Crippen LogP contribution is 2.40. The lowest BCUT2D eigenvalue weighted by Gasteiger charge is -2.51. The molecule has 3 heterocycles. The van der Waals surface area contributed by atoms with Gasteiger partial charge in [-0.1, -0.05) is 74.5 Å². The third kappa shape index (κ3) is 5.04. The number of hydrogen-bond acceptors (Lipinski definition) is 5. The molecule has 2 aliphatic heterocycles. The summed E-state index contributed by atoms with van der Waals surface area (Å²) in [4.78, 5) is 34.9. The monoisotopic (exact) mass is 501 g/mol. The fourth-order valence-electron chi connectivity index (χ4n) is 5.50. The zero-order chi connectivity index (χ0) is 26.0. The minimum Gasteiger partial charge on any atom is -0.387 e. The smallest absolute Gasteiger partial charge is 0.320 e. The third-order valence-electron chi connectivity index (χ3n) is 7.97. The predicted molar refractivity (Wildman–Crippen MR) is 143 cm³/mol. The summed E-state index contributed by atoms with van der Waals surface area (Å²) in [6.45, 7) is 6.99. The molecule has 8 nitrogen and oxygen atoms in total. The number of piperidine rings is 1. The van der Waals surface area contributed by atoms with Gasteiger partial charge in [-0.25, -0.2) is 9.78 Å². The van der Waals surface area contributed by atoms with Crippen LogP contribution in [-0.4, -0.2) is 68.8 Å². The minimum atomic E-state index is -1.16. The minimum absolute atomic E-state index is 0.00322. The highest BCUT2D eigenvalue weighted by atomic mass is 16.3. The molecule has 2 atom stereocenters. The van der Waals surface area contributed by atoms with Crippen LogP contribution in [0.15, 0.2) is 77.9 Å². The average molecular weight is 502 g/mol. The second kappa shape index (κ2) is 10.1. The molecule has 0 unspecified atom stereocenters. The standard InChI is InChI=1S/C29H35N5O3/c1-28(2)19-32(27(36)34-16-14-30-18-25(34)23-11-7-4-8-12-23)15-13-29(28,37)20-33-21-31-24(17-26(33)35)22-9-5-3-6-10-22/h3-12,17,21,25,30,37H,13-16,18-20H2,1-2H3/t25-,29+/m0/s1. The predicted octanol–water partition coefficient (Wildman–Crippen LogP) is 3.14. The van der Waals surface area contributed by atoms with Crippen LogP contribution >= 0.6 is 0 Å². The number of aromatic nitrogens is 2. The first kappa shape index (κ1) is 25.2. The van der Waals surface area contributed by atoms with E-state index in [1.165, 1.54) is 17.0 Å². The molecule has 37 heavy (non-hydrogen) atoms. The summed E-state index contributed by atoms with van der Waals surface area (Å²) in [6, 6.07) is 21.1. The Hall–Kier alpha value is -3.49. The molecule has 2 amide bonds. The number of amides is 2. The maximum atomic E-state index is 13.7. The third-order valence-corrected chi connectivity index (χ3v) is 7.97. The largest absolute Gasteiger partial charge is 0.387 e. The van der Waals surface area contributed by atoms with Crippen molar-refractivity contribution in [1.29, 1.82) is 0 Å². The molecule has 2 saturated heterocycles. The van der Waals surface area contributed by atoms with Crippen molar-refractivity contribution in [2.75, 3.05) is 32.7 Å². The SMILES string of the molecule is CC1(C)CN(C(=O)N2CCNC[C@H]2c2ccccc2)CC[C@@]1(O)Cn1cnc(-c2ccccc2)cc1=O. The van der Waals surface area contributed by atoms with E-state index in [0.717, 1.165) is 17.7 Å². The normalized spacial score (nSPS) is 23.6. The number of carbonyl (C=O) groups is 1. The fraction of sp³-hybridized carbons (Fsp3) is 0.414. The molecule has 0 spiro atoms. The van der Waals surface area contributed by atoms with E-state index in [2.05, 4.69) is 22.4 Å². The van der Waals surface area contributed by atoms with E-state index in [1.54, 1.807) is 0 Å². The Morgan fingerprint density at radius 1 is 1.08 bits per heavy atom. The van der Waals surface area contributed by atoms with E-state index in [9.17, 15) is 14.7 Å². The molecule has 2 aromatic carbocycles. The van der Waals surface area contributed by atoms with Crippen LogP contribution in [0.3, 0.4) is 0 Å². The van der Waals surface area contributed by atoms with Crippen molar-refractivity contribution in [3.05, 3.63) is 89.0 Å². The van der Waals surface area contributed by atoms with Gasteiger partial charge in [-0.05, 0) is 12.0 Å². The first-order valence-corrected chi connectivity index (χ1v) is 12.9. The Bertz CT molecular complexity index is 1290. The van der Waals surface area contributed by atoms with Gasteiger partial charge < -0.3 is 20.2 Å². The summed E-state index contributed by atoms with van der Waals surface area (Å²) in [5, 5.41) is 15.2. The van der Waals surface area contributed by atoms with Crippen LogP contribution in [0, 0.1) is 5.41 Å². The lowest BCUT2D eigenvalue weighted by Crippen LogP contribution is -2.63. The Kier molecular flexibility index (Phi) is 6.88. The number of benzene rings is 2. The molecular weight excluding hydrogens is 466 g/mol. The van der Waals surface area contributed by atoms with E-state index >= 15 is 0 Å². The van der Waals surface area contributed by atoms with Crippen molar-refractivity contribution in [3.8, 4) is 11.3 Å². The second-order valence-electron chi connectivity index (χ2n) is 10.8. The van der Waals surface area contributed by atoms with Gasteiger partial charge in [0.15, 0.2) is 0 Å². The summed E-state index contributed by atoms with van der Waals surface area (Å²) in [7, 11) is 0. The van der Waals surface area contributed by atoms with Gasteiger partial charge in [0.05, 0.1) is 30.2 Å². The van der Waals surface area contributed by atoms with Crippen LogP contribution < -0.4 is 10.9 Å². The molecule has 0 aliphatic carbocycles. The van der Waals surface area contributed by atoms with Crippen molar-refractivity contribution in [3.63, 3.8) is 0 Å². The van der Waals surface area contributed by atoms with Crippen molar-refractivity contribution in [2.45, 2.75) is 38.5 Å². The van der Waals surface area contributed by atoms with Gasteiger partial charge in [0, 0.05) is 49.8 Å². The summed E-state index contributed by atoms with van der Waals surface area (Å²) < 4.78 is 1.48. The summed E-state index contributed by atoms with van der Waals surface area (Å²) in [5.41, 5.74) is 0.599. The van der Waals surface area contributed by atoms with Crippen molar-refractivity contribution >= 4 is 6.03 Å². The van der Waals surface area contributed by atoms with Crippen LogP contribution in [0.2, 0.25) is 0 Å². The van der Waals surface area contributed by atoms with Gasteiger partial charge in [0.25, 0.3) is 5.56 Å². The van der Waals surface area contributed by atoms with Crippen molar-refractivity contribution in [2.24, 2.45) is 5.41 Å². The quantitative estimate of drug-likeness (QED) is 0.573. The summed E-state index contributed by atoms with van der Waals surface area (Å²) in [6.07, 6.45) is 1.89. The van der Waals surface area contributed by atoms with Crippen LogP contribution in [0.5, 0.6) is 0 Å². The van der Waals surface area contributed by atoms with Crippen LogP contribution in [0.1, 0.15) is 31.9 Å². The van der Waals surface area contributed by atoms with Gasteiger partial charge in [0.1, 0.15) is 0 Å². The topological polar surface area (TPSA) is 90.7 Å². The maximum absolute atomic E-state index is 13.7. The number of piperazine rings is 1. The lowest BCUT2D eigenvalue weighted by atomic mass is 9.70. The van der Waals surface area contributed by atoms with Crippen LogP contribution in [-0.2, 0) is 6.54 Å². The molecule has 2 fully saturated rings. The Morgan fingerprint density at radius 2 is 1.78 bits per heavy atom. The zero-order valence-corrected chi connectivity index (χ0v) is 21.5. The molecule has 3 aromatic rings. The second-order valence-corrected chi connectivity index (χ2v) is 10.8. The van der Waals surface area contributed by atoms with Crippen LogP contribution in [0.4, 0.5) is 4.79 Å². The summed E-state index contributed by atoms with van der Waals surface area (Å²) >= 11 is 0. The molecule has 0 bridgehead atoms. The number of likely N-dealkylation sites (tertiary alicyclic amines) is 1. The van der Waals surface area contributed by atoms with Crippen molar-refractivity contribution < 1.29 is 9.90 Å². The van der Waals surface area contributed by atoms with E-state index < -0.39 is 11.0 Å². The van der Waals surface area contributed by atoms with Gasteiger partial charge in [0.2, 0.25) is 0 Å². The lowest BCUT2D eigenvalue weighted by molar-refractivity contribution is -0.122. The van der Waals surface area contributed by atoms with Crippen molar-refractivity contribution in [1.82, 2.24) is 24.7 Å². The molecule has 0 saturated carbocycles. The number of urea groups is 1. The summed E-state index contributed by atoms with van der Waals surface area (Å²) in [5.74, 6) is 0. The Morgan fingerprint density at radius 3 is 2.46 bits per heavy atom. The molecular formula is C29H35N5O3. The maximum Gasteiger partial charge on any atom is 0.320 e. The van der Waals surface area contributed by atoms with Gasteiger partial charge in [-0.2, -0.15) is 0 Å². The number of carbonyl (C=O) groups excluding carboxylic acids is 1. The van der Waals surface area contributed by atoms with E-state index in [1.807, 2.05) is 72.2 Å². The van der Waals surface area contributed by atoms with Crippen LogP contribution in [0.25, 0.3) is 11.3 Å². The Balaban J connectivity index is 1.31. The Labute approximate surface area is 217 Å². The molecule has 2 aliphatic rings. The molecule has 1 aromatic heterocycles. The number of nitrogens with zero attached hydrogens (tertiary/aromatic N) is 4. The van der Waals surface area contributed by atoms with Gasteiger partial charge >= 0.3 is 6.03 Å².